The highest BCUT2D eigenvalue weighted by molar-refractivity contribution is 7.08. The van der Waals surface area contributed by atoms with Gasteiger partial charge in [-0.05, 0) is 55.6 Å². The van der Waals surface area contributed by atoms with Crippen LogP contribution in [0.25, 0.3) is 0 Å². The molecule has 1 aromatic heterocycles. The highest BCUT2D eigenvalue weighted by Crippen LogP contribution is 2.23. The van der Waals surface area contributed by atoms with Crippen LogP contribution in [0, 0.1) is 20.8 Å². The number of nitrogen functional groups attached to an aromatic ring is 1. The molecule has 0 aliphatic carbocycles. The van der Waals surface area contributed by atoms with Gasteiger partial charge in [0.1, 0.15) is 4.88 Å². The van der Waals surface area contributed by atoms with Crippen molar-refractivity contribution in [3.8, 4) is 0 Å². The minimum absolute atomic E-state index is 0.185. The normalized spacial score (nSPS) is 10.4. The van der Waals surface area contributed by atoms with Crippen LogP contribution in [0.3, 0.4) is 0 Å². The topological polar surface area (TPSA) is 80.9 Å². The van der Waals surface area contributed by atoms with Gasteiger partial charge in [0, 0.05) is 11.4 Å². The van der Waals surface area contributed by atoms with Gasteiger partial charge >= 0.3 is 0 Å². The molecule has 0 atom stereocenters. The number of aromatic nitrogens is 2. The fourth-order valence-electron chi connectivity index (χ4n) is 1.59. The molecule has 0 bridgehead atoms. The van der Waals surface area contributed by atoms with Gasteiger partial charge in [-0.15, -0.1) is 5.10 Å². The molecule has 3 N–H and O–H groups in total. The van der Waals surface area contributed by atoms with E-state index in [0.717, 1.165) is 34.0 Å². The zero-order valence-electron chi connectivity index (χ0n) is 10.4. The maximum Gasteiger partial charge on any atom is 0.269 e. The molecule has 0 spiro atoms. The number of nitrogens with zero attached hydrogens (tertiary/aromatic N) is 2. The second kappa shape index (κ2) is 4.73. The number of anilines is 2. The first kappa shape index (κ1) is 12.5. The molecule has 94 valence electrons. The number of carbonyl (C=O) groups excluding carboxylic acids is 1. The Balaban J connectivity index is 2.28. The number of aryl methyl sites for hydroxylation is 3. The van der Waals surface area contributed by atoms with E-state index in [1.165, 1.54) is 0 Å². The molecule has 6 heteroatoms. The van der Waals surface area contributed by atoms with Gasteiger partial charge in [-0.2, -0.15) is 0 Å². The predicted octanol–water partition coefficient (Wildman–Crippen LogP) is 2.30. The van der Waals surface area contributed by atoms with E-state index in [1.54, 1.807) is 6.92 Å². The lowest BCUT2D eigenvalue weighted by Crippen LogP contribution is -2.13. The van der Waals surface area contributed by atoms with E-state index in [2.05, 4.69) is 14.9 Å². The van der Waals surface area contributed by atoms with Crippen molar-refractivity contribution in [3.05, 3.63) is 33.8 Å². The zero-order valence-corrected chi connectivity index (χ0v) is 11.3. The Labute approximate surface area is 109 Å². The number of benzene rings is 1. The number of nitrogens with one attached hydrogen (secondary N) is 1. The maximum absolute atomic E-state index is 12.0. The number of hydrogen-bond acceptors (Lipinski definition) is 5. The van der Waals surface area contributed by atoms with Crippen LogP contribution in [-0.2, 0) is 0 Å². The molecule has 1 amide bonds. The number of rotatable bonds is 2. The van der Waals surface area contributed by atoms with Crippen molar-refractivity contribution in [1.82, 2.24) is 9.59 Å². The average molecular weight is 262 g/mol. The molecule has 0 fully saturated rings. The summed E-state index contributed by atoms with van der Waals surface area (Å²) < 4.78 is 3.75. The van der Waals surface area contributed by atoms with Crippen molar-refractivity contribution in [3.63, 3.8) is 0 Å². The molecule has 2 rings (SSSR count). The van der Waals surface area contributed by atoms with Crippen LogP contribution in [-0.4, -0.2) is 15.5 Å². The standard InChI is InChI=1S/C12H14N4OS/c1-6-5-10(7(2)4-9(6)13)14-12(17)11-8(3)15-16-18-11/h4-5H,13H2,1-3H3,(H,14,17). The zero-order chi connectivity index (χ0) is 13.3. The largest absolute Gasteiger partial charge is 0.399 e. The third-order valence-electron chi connectivity index (χ3n) is 2.72. The highest BCUT2D eigenvalue weighted by atomic mass is 32.1. The first-order valence-corrected chi connectivity index (χ1v) is 6.23. The summed E-state index contributed by atoms with van der Waals surface area (Å²) in [6, 6.07) is 3.72. The molecular formula is C12H14N4OS. The van der Waals surface area contributed by atoms with Crippen molar-refractivity contribution >= 4 is 28.8 Å². The van der Waals surface area contributed by atoms with Gasteiger partial charge in [-0.1, -0.05) is 4.49 Å². The first-order valence-electron chi connectivity index (χ1n) is 5.46. The fraction of sp³-hybridized carbons (Fsp3) is 0.250. The summed E-state index contributed by atoms with van der Waals surface area (Å²) >= 11 is 1.09. The Bertz CT molecular complexity index is 606. The molecule has 1 aromatic carbocycles. The van der Waals surface area contributed by atoms with Crippen LogP contribution in [0.4, 0.5) is 11.4 Å². The van der Waals surface area contributed by atoms with Gasteiger partial charge in [0.2, 0.25) is 0 Å². The molecule has 0 aliphatic rings. The second-order valence-electron chi connectivity index (χ2n) is 4.17. The SMILES string of the molecule is Cc1cc(NC(=O)c2snnc2C)c(C)cc1N. The van der Waals surface area contributed by atoms with Crippen LogP contribution in [0.2, 0.25) is 0 Å². The lowest BCUT2D eigenvalue weighted by Gasteiger charge is -2.10. The molecule has 0 unspecified atom stereocenters. The van der Waals surface area contributed by atoms with E-state index < -0.39 is 0 Å². The maximum atomic E-state index is 12.0. The van der Waals surface area contributed by atoms with Crippen molar-refractivity contribution in [1.29, 1.82) is 0 Å². The number of amides is 1. The highest BCUT2D eigenvalue weighted by Gasteiger charge is 2.14. The van der Waals surface area contributed by atoms with E-state index in [-0.39, 0.29) is 5.91 Å². The quantitative estimate of drug-likeness (QED) is 0.814. The summed E-state index contributed by atoms with van der Waals surface area (Å²) in [5.74, 6) is -0.185. The van der Waals surface area contributed by atoms with E-state index in [0.29, 0.717) is 10.6 Å². The third kappa shape index (κ3) is 2.33. The lowest BCUT2D eigenvalue weighted by molar-refractivity contribution is 0.102. The molecule has 5 nitrogen and oxygen atoms in total. The summed E-state index contributed by atoms with van der Waals surface area (Å²) in [6.45, 7) is 5.58. The second-order valence-corrected chi connectivity index (χ2v) is 4.92. The van der Waals surface area contributed by atoms with Crippen LogP contribution in [0.15, 0.2) is 12.1 Å². The van der Waals surface area contributed by atoms with Gasteiger partial charge in [-0.25, -0.2) is 0 Å². The van der Waals surface area contributed by atoms with Crippen LogP contribution >= 0.6 is 11.5 Å². The molecule has 0 aliphatic heterocycles. The van der Waals surface area contributed by atoms with Crippen molar-refractivity contribution in [2.45, 2.75) is 20.8 Å². The average Bonchev–Trinajstić information content (AvgIpc) is 2.72. The Morgan fingerprint density at radius 2 is 2.00 bits per heavy atom. The third-order valence-corrected chi connectivity index (χ3v) is 3.55. The fourth-order valence-corrected chi connectivity index (χ4v) is 2.14. The van der Waals surface area contributed by atoms with E-state index in [9.17, 15) is 4.79 Å². The Morgan fingerprint density at radius 3 is 2.61 bits per heavy atom. The van der Waals surface area contributed by atoms with E-state index >= 15 is 0 Å². The van der Waals surface area contributed by atoms with Crippen molar-refractivity contribution < 1.29 is 4.79 Å². The smallest absolute Gasteiger partial charge is 0.269 e. The van der Waals surface area contributed by atoms with E-state index in [1.807, 2.05) is 26.0 Å². The molecule has 1 heterocycles. The number of hydrogen-bond donors (Lipinski definition) is 2. The lowest BCUT2D eigenvalue weighted by atomic mass is 10.1. The van der Waals surface area contributed by atoms with Gasteiger partial charge < -0.3 is 11.1 Å². The van der Waals surface area contributed by atoms with Gasteiger partial charge in [0.15, 0.2) is 0 Å². The summed E-state index contributed by atoms with van der Waals surface area (Å²) in [5.41, 5.74) is 9.81. The Hall–Kier alpha value is -1.95. The monoisotopic (exact) mass is 262 g/mol. The van der Waals surface area contributed by atoms with E-state index in [4.69, 9.17) is 5.73 Å². The van der Waals surface area contributed by atoms with Crippen LogP contribution in [0.5, 0.6) is 0 Å². The number of carbonyl (C=O) groups is 1. The molecule has 18 heavy (non-hydrogen) atoms. The molecular weight excluding hydrogens is 248 g/mol. The summed E-state index contributed by atoms with van der Waals surface area (Å²) in [7, 11) is 0. The van der Waals surface area contributed by atoms with Gasteiger partial charge in [-0.3, -0.25) is 4.79 Å². The van der Waals surface area contributed by atoms with Crippen LogP contribution in [0.1, 0.15) is 26.5 Å². The van der Waals surface area contributed by atoms with Crippen molar-refractivity contribution in [2.75, 3.05) is 11.1 Å². The molecule has 0 saturated carbocycles. The summed E-state index contributed by atoms with van der Waals surface area (Å²) in [5, 5.41) is 6.68. The molecule has 0 radical (unpaired) electrons. The van der Waals surface area contributed by atoms with Crippen molar-refractivity contribution in [2.24, 2.45) is 0 Å². The molecule has 0 saturated heterocycles. The minimum atomic E-state index is -0.185. The predicted molar refractivity (Wildman–Crippen MR) is 72.9 cm³/mol. The number of nitrogens with two attached hydrogens (primary N) is 1. The summed E-state index contributed by atoms with van der Waals surface area (Å²) in [6.07, 6.45) is 0. The Kier molecular flexibility index (Phi) is 3.29. The van der Waals surface area contributed by atoms with Gasteiger partial charge in [0.05, 0.1) is 5.69 Å². The Morgan fingerprint density at radius 1 is 1.28 bits per heavy atom. The molecule has 2 aromatic rings. The minimum Gasteiger partial charge on any atom is -0.399 e. The van der Waals surface area contributed by atoms with Crippen LogP contribution < -0.4 is 11.1 Å². The van der Waals surface area contributed by atoms with Gasteiger partial charge in [0.25, 0.3) is 5.91 Å². The summed E-state index contributed by atoms with van der Waals surface area (Å²) in [4.78, 5) is 12.6. The first-order chi connectivity index (χ1) is 8.49.